The number of hydrogen-bond acceptors (Lipinski definition) is 2. The number of para-hydroxylation sites is 1. The molecule has 0 bridgehead atoms. The predicted molar refractivity (Wildman–Crippen MR) is 94.5 cm³/mol. The van der Waals surface area contributed by atoms with E-state index < -0.39 is 0 Å². The summed E-state index contributed by atoms with van der Waals surface area (Å²) >= 11 is 3.35. The number of nitrogens with zero attached hydrogens (tertiary/aromatic N) is 1. The van der Waals surface area contributed by atoms with Crippen LogP contribution in [0.1, 0.15) is 61.0 Å². The van der Waals surface area contributed by atoms with Crippen LogP contribution in [0.5, 0.6) is 0 Å². The molecule has 0 aliphatic rings. The molecule has 2 rings (SSSR count). The maximum absolute atomic E-state index is 12.5. The van der Waals surface area contributed by atoms with Gasteiger partial charge in [0.05, 0.1) is 5.56 Å². The van der Waals surface area contributed by atoms with Gasteiger partial charge in [0.2, 0.25) is 0 Å². The number of pyridine rings is 1. The molecule has 1 aromatic carbocycles. The maximum atomic E-state index is 12.5. The normalized spacial score (nSPS) is 11.0. The van der Waals surface area contributed by atoms with Crippen LogP contribution in [0.3, 0.4) is 0 Å². The molecule has 0 aliphatic heterocycles. The number of carbonyl (C=O) groups is 1. The van der Waals surface area contributed by atoms with Crippen molar-refractivity contribution in [1.82, 2.24) is 4.98 Å². The minimum Gasteiger partial charge on any atom is -0.321 e. The van der Waals surface area contributed by atoms with Gasteiger partial charge in [-0.1, -0.05) is 45.9 Å². The highest BCUT2D eigenvalue weighted by atomic mass is 79.9. The molecule has 0 saturated heterocycles. The Morgan fingerprint density at radius 3 is 2.18 bits per heavy atom. The number of anilines is 1. The van der Waals surface area contributed by atoms with Gasteiger partial charge in [0, 0.05) is 22.6 Å². The molecule has 1 amide bonds. The Kier molecular flexibility index (Phi) is 5.35. The minimum atomic E-state index is -0.135. The van der Waals surface area contributed by atoms with E-state index in [4.69, 9.17) is 0 Å². The first-order valence-electron chi connectivity index (χ1n) is 7.44. The van der Waals surface area contributed by atoms with Gasteiger partial charge in [-0.2, -0.15) is 0 Å². The van der Waals surface area contributed by atoms with Crippen molar-refractivity contribution in [3.8, 4) is 0 Å². The van der Waals surface area contributed by atoms with E-state index in [-0.39, 0.29) is 5.91 Å². The summed E-state index contributed by atoms with van der Waals surface area (Å²) in [5.41, 5.74) is 3.78. The van der Waals surface area contributed by atoms with Gasteiger partial charge in [0.25, 0.3) is 5.91 Å². The van der Waals surface area contributed by atoms with Crippen LogP contribution < -0.4 is 5.32 Å². The first-order chi connectivity index (χ1) is 10.4. The summed E-state index contributed by atoms with van der Waals surface area (Å²) in [6.45, 7) is 8.54. The molecular formula is C18H21BrN2O. The van der Waals surface area contributed by atoms with Gasteiger partial charge in [-0.3, -0.25) is 9.78 Å². The zero-order chi connectivity index (χ0) is 16.3. The Labute approximate surface area is 140 Å². The van der Waals surface area contributed by atoms with Crippen LogP contribution in [0, 0.1) is 0 Å². The Morgan fingerprint density at radius 2 is 1.68 bits per heavy atom. The molecule has 1 N–H and O–H groups in total. The van der Waals surface area contributed by atoms with Gasteiger partial charge in [-0.05, 0) is 45.0 Å². The van der Waals surface area contributed by atoms with Crippen molar-refractivity contribution in [2.24, 2.45) is 0 Å². The van der Waals surface area contributed by atoms with E-state index in [2.05, 4.69) is 72.1 Å². The summed E-state index contributed by atoms with van der Waals surface area (Å²) in [5, 5.41) is 3.09. The predicted octanol–water partition coefficient (Wildman–Crippen LogP) is 5.34. The largest absolute Gasteiger partial charge is 0.321 e. The molecule has 1 heterocycles. The third-order valence-electron chi connectivity index (χ3n) is 3.58. The standard InChI is InChI=1S/C18H21BrN2O/c1-11(2)15-6-5-7-16(12(3)4)17(15)21-18(22)13-8-14(19)10-20-9-13/h5-12H,1-4H3,(H,21,22). The fourth-order valence-electron chi connectivity index (χ4n) is 2.42. The maximum Gasteiger partial charge on any atom is 0.257 e. The summed E-state index contributed by atoms with van der Waals surface area (Å²) in [7, 11) is 0. The molecule has 0 radical (unpaired) electrons. The van der Waals surface area contributed by atoms with Gasteiger partial charge in [-0.25, -0.2) is 0 Å². The topological polar surface area (TPSA) is 42.0 Å². The van der Waals surface area contributed by atoms with Gasteiger partial charge in [-0.15, -0.1) is 0 Å². The lowest BCUT2D eigenvalue weighted by molar-refractivity contribution is 0.102. The molecule has 116 valence electrons. The van der Waals surface area contributed by atoms with Gasteiger partial charge in [0.15, 0.2) is 0 Å². The lowest BCUT2D eigenvalue weighted by Crippen LogP contribution is -2.16. The number of nitrogens with one attached hydrogen (secondary N) is 1. The molecule has 3 nitrogen and oxygen atoms in total. The van der Waals surface area contributed by atoms with E-state index in [1.165, 1.54) is 0 Å². The second kappa shape index (κ2) is 7.05. The molecule has 1 aromatic heterocycles. The van der Waals surface area contributed by atoms with Crippen molar-refractivity contribution in [3.63, 3.8) is 0 Å². The van der Waals surface area contributed by atoms with E-state index in [0.717, 1.165) is 21.3 Å². The van der Waals surface area contributed by atoms with E-state index >= 15 is 0 Å². The zero-order valence-corrected chi connectivity index (χ0v) is 14.9. The van der Waals surface area contributed by atoms with Crippen LogP contribution in [0.4, 0.5) is 5.69 Å². The molecule has 0 saturated carbocycles. The molecule has 0 fully saturated rings. The van der Waals surface area contributed by atoms with E-state index in [1.54, 1.807) is 18.5 Å². The van der Waals surface area contributed by atoms with Gasteiger partial charge >= 0.3 is 0 Å². The second-order valence-corrected chi connectivity index (χ2v) is 6.88. The van der Waals surface area contributed by atoms with E-state index in [9.17, 15) is 4.79 Å². The average Bonchev–Trinajstić information content (AvgIpc) is 2.46. The van der Waals surface area contributed by atoms with Crippen molar-refractivity contribution >= 4 is 27.5 Å². The highest BCUT2D eigenvalue weighted by Gasteiger charge is 2.17. The minimum absolute atomic E-state index is 0.135. The third-order valence-corrected chi connectivity index (χ3v) is 4.01. The van der Waals surface area contributed by atoms with Gasteiger partial charge < -0.3 is 5.32 Å². The smallest absolute Gasteiger partial charge is 0.257 e. The lowest BCUT2D eigenvalue weighted by Gasteiger charge is -2.20. The summed E-state index contributed by atoms with van der Waals surface area (Å²) in [4.78, 5) is 16.6. The molecule has 0 atom stereocenters. The average molecular weight is 361 g/mol. The van der Waals surface area contributed by atoms with Crippen LogP contribution in [0.2, 0.25) is 0 Å². The summed E-state index contributed by atoms with van der Waals surface area (Å²) in [5.74, 6) is 0.549. The highest BCUT2D eigenvalue weighted by Crippen LogP contribution is 2.32. The Bertz CT molecular complexity index is 654. The number of aromatic nitrogens is 1. The Hall–Kier alpha value is -1.68. The van der Waals surface area contributed by atoms with E-state index in [1.807, 2.05) is 0 Å². The fourth-order valence-corrected chi connectivity index (χ4v) is 2.78. The van der Waals surface area contributed by atoms with Crippen molar-refractivity contribution in [2.75, 3.05) is 5.32 Å². The molecule has 22 heavy (non-hydrogen) atoms. The number of hydrogen-bond donors (Lipinski definition) is 1. The number of amides is 1. The van der Waals surface area contributed by atoms with Crippen LogP contribution in [-0.2, 0) is 0 Å². The Morgan fingerprint density at radius 1 is 1.09 bits per heavy atom. The summed E-state index contributed by atoms with van der Waals surface area (Å²) in [6, 6.07) is 7.98. The number of halogens is 1. The first kappa shape index (κ1) is 16.7. The molecule has 0 unspecified atom stereocenters. The van der Waals surface area contributed by atoms with Crippen molar-refractivity contribution < 1.29 is 4.79 Å². The fraction of sp³-hybridized carbons (Fsp3) is 0.333. The molecular weight excluding hydrogens is 340 g/mol. The van der Waals surface area contributed by atoms with Crippen LogP contribution in [0.25, 0.3) is 0 Å². The number of benzene rings is 1. The summed E-state index contributed by atoms with van der Waals surface area (Å²) < 4.78 is 0.793. The number of rotatable bonds is 4. The SMILES string of the molecule is CC(C)c1cccc(C(C)C)c1NC(=O)c1cncc(Br)c1. The van der Waals surface area contributed by atoms with Crippen LogP contribution in [0.15, 0.2) is 41.1 Å². The van der Waals surface area contributed by atoms with Gasteiger partial charge in [0.1, 0.15) is 0 Å². The molecule has 4 heteroatoms. The zero-order valence-electron chi connectivity index (χ0n) is 13.4. The molecule has 0 spiro atoms. The third kappa shape index (κ3) is 3.74. The first-order valence-corrected chi connectivity index (χ1v) is 8.24. The summed E-state index contributed by atoms with van der Waals surface area (Å²) in [6.07, 6.45) is 3.24. The Balaban J connectivity index is 2.41. The van der Waals surface area contributed by atoms with Crippen molar-refractivity contribution in [2.45, 2.75) is 39.5 Å². The monoisotopic (exact) mass is 360 g/mol. The second-order valence-electron chi connectivity index (χ2n) is 5.97. The molecule has 2 aromatic rings. The van der Waals surface area contributed by atoms with E-state index in [0.29, 0.717) is 17.4 Å². The van der Waals surface area contributed by atoms with Crippen molar-refractivity contribution in [1.29, 1.82) is 0 Å². The van der Waals surface area contributed by atoms with Crippen LogP contribution >= 0.6 is 15.9 Å². The quantitative estimate of drug-likeness (QED) is 0.798. The number of carbonyl (C=O) groups excluding carboxylic acids is 1. The highest BCUT2D eigenvalue weighted by molar-refractivity contribution is 9.10. The van der Waals surface area contributed by atoms with Crippen molar-refractivity contribution in [3.05, 3.63) is 57.8 Å². The lowest BCUT2D eigenvalue weighted by atomic mass is 9.92. The molecule has 0 aliphatic carbocycles. The van der Waals surface area contributed by atoms with Crippen LogP contribution in [-0.4, -0.2) is 10.9 Å².